The number of nitrogens with two attached hydrogens (primary N) is 1. The van der Waals surface area contributed by atoms with Gasteiger partial charge in [0.25, 0.3) is 0 Å². The fourth-order valence-corrected chi connectivity index (χ4v) is 2.04. The fraction of sp³-hybridized carbons (Fsp3) is 0.500. The average Bonchev–Trinajstić information content (AvgIpc) is 2.19. The molecule has 7 nitrogen and oxygen atoms in total. The van der Waals surface area contributed by atoms with Gasteiger partial charge < -0.3 is 15.0 Å². The number of hydrogen-bond donors (Lipinski definition) is 3. The molecule has 0 radical (unpaired) electrons. The molecular formula is C10H15NO6S. The second-order valence-electron chi connectivity index (χ2n) is 4.46. The van der Waals surface area contributed by atoms with Crippen molar-refractivity contribution in [1.29, 1.82) is 0 Å². The number of hydrogen-bond acceptors (Lipinski definition) is 5. The Labute approximate surface area is 105 Å². The van der Waals surface area contributed by atoms with Gasteiger partial charge >= 0.3 is 16.4 Å². The summed E-state index contributed by atoms with van der Waals surface area (Å²) in [5, 5.41) is 8.73. The first kappa shape index (κ1) is 14.7. The minimum absolute atomic E-state index is 0.00104. The number of carboxylic acids is 1. The van der Waals surface area contributed by atoms with E-state index in [1.54, 1.807) is 13.0 Å². The van der Waals surface area contributed by atoms with Crippen LogP contribution in [0.3, 0.4) is 0 Å². The van der Waals surface area contributed by atoms with E-state index in [4.69, 9.17) is 15.4 Å². The normalized spacial score (nSPS) is 25.4. The summed E-state index contributed by atoms with van der Waals surface area (Å²) < 4.78 is 33.8. The third-order valence-corrected chi connectivity index (χ3v) is 3.03. The second kappa shape index (κ2) is 5.09. The zero-order valence-electron chi connectivity index (χ0n) is 9.74. The van der Waals surface area contributed by atoms with Gasteiger partial charge in [-0.2, -0.15) is 8.42 Å². The summed E-state index contributed by atoms with van der Waals surface area (Å²) in [6, 6.07) is -0.989. The van der Waals surface area contributed by atoms with Crippen LogP contribution in [0.2, 0.25) is 0 Å². The van der Waals surface area contributed by atoms with Gasteiger partial charge in [0.2, 0.25) is 0 Å². The molecule has 0 saturated heterocycles. The highest BCUT2D eigenvalue weighted by Crippen LogP contribution is 2.34. The molecule has 18 heavy (non-hydrogen) atoms. The van der Waals surface area contributed by atoms with Crippen LogP contribution in [0.15, 0.2) is 24.0 Å². The van der Waals surface area contributed by atoms with Crippen molar-refractivity contribution in [1.82, 2.24) is 0 Å². The molecule has 0 spiro atoms. The average molecular weight is 277 g/mol. The highest BCUT2D eigenvalue weighted by molar-refractivity contribution is 7.81. The molecule has 0 fully saturated rings. The van der Waals surface area contributed by atoms with Crippen LogP contribution < -0.4 is 5.73 Å². The molecule has 0 aromatic carbocycles. The van der Waals surface area contributed by atoms with Crippen molar-refractivity contribution in [3.05, 3.63) is 24.0 Å². The van der Waals surface area contributed by atoms with Crippen molar-refractivity contribution in [2.75, 3.05) is 0 Å². The van der Waals surface area contributed by atoms with Crippen molar-refractivity contribution < 1.29 is 27.1 Å². The zero-order valence-corrected chi connectivity index (χ0v) is 10.6. The van der Waals surface area contributed by atoms with E-state index < -0.39 is 27.8 Å². The topological polar surface area (TPSA) is 127 Å². The second-order valence-corrected chi connectivity index (χ2v) is 5.48. The molecule has 4 N–H and O–H groups in total. The lowest BCUT2D eigenvalue weighted by Crippen LogP contribution is -2.35. The molecule has 1 aliphatic carbocycles. The SMILES string of the molecule is CC1(C[C@H](N)C(=O)O)C=CC(OS(=O)(=O)O)=CC1. The third kappa shape index (κ3) is 4.47. The summed E-state index contributed by atoms with van der Waals surface area (Å²) in [5.74, 6) is -1.09. The minimum atomic E-state index is -4.54. The van der Waals surface area contributed by atoms with Gasteiger partial charge in [0.05, 0.1) is 0 Å². The highest BCUT2D eigenvalue weighted by Gasteiger charge is 2.29. The Morgan fingerprint density at radius 3 is 2.67 bits per heavy atom. The van der Waals surface area contributed by atoms with Gasteiger partial charge in [-0.25, -0.2) is 0 Å². The van der Waals surface area contributed by atoms with Crippen molar-refractivity contribution >= 4 is 16.4 Å². The number of allylic oxidation sites excluding steroid dienone is 3. The van der Waals surface area contributed by atoms with Crippen LogP contribution in [0.5, 0.6) is 0 Å². The van der Waals surface area contributed by atoms with Crippen LogP contribution in [-0.2, 0) is 19.4 Å². The van der Waals surface area contributed by atoms with Gasteiger partial charge in [-0.05, 0) is 30.4 Å². The maximum absolute atomic E-state index is 10.7. The molecule has 0 aliphatic heterocycles. The molecule has 1 unspecified atom stereocenters. The Morgan fingerprint density at radius 1 is 1.67 bits per heavy atom. The van der Waals surface area contributed by atoms with Crippen LogP contribution in [0.4, 0.5) is 0 Å². The quantitative estimate of drug-likeness (QED) is 0.623. The standard InChI is InChI=1S/C10H15NO6S/c1-10(6-8(11)9(12)13)4-2-7(3-5-10)17-18(14,15)16/h2-4,8H,5-6,11H2,1H3,(H,12,13)(H,14,15,16)/t8-,10?/m0/s1. The van der Waals surface area contributed by atoms with E-state index in [-0.39, 0.29) is 12.2 Å². The molecule has 1 rings (SSSR count). The molecule has 0 aromatic heterocycles. The minimum Gasteiger partial charge on any atom is -0.480 e. The summed E-state index contributed by atoms with van der Waals surface area (Å²) in [4.78, 5) is 10.7. The van der Waals surface area contributed by atoms with Crippen LogP contribution in [-0.4, -0.2) is 30.1 Å². The van der Waals surface area contributed by atoms with Gasteiger partial charge in [-0.15, -0.1) is 0 Å². The monoisotopic (exact) mass is 277 g/mol. The molecular weight excluding hydrogens is 262 g/mol. The van der Waals surface area contributed by atoms with Crippen LogP contribution in [0, 0.1) is 5.41 Å². The number of carbonyl (C=O) groups is 1. The fourth-order valence-electron chi connectivity index (χ4n) is 1.68. The Kier molecular flexibility index (Phi) is 4.15. The van der Waals surface area contributed by atoms with Crippen molar-refractivity contribution in [2.45, 2.75) is 25.8 Å². The molecule has 1 aliphatic rings. The molecule has 8 heteroatoms. The Morgan fingerprint density at radius 2 is 2.28 bits per heavy atom. The number of carboxylic acid groups (broad SMARTS) is 1. The maximum Gasteiger partial charge on any atom is 0.446 e. The molecule has 0 saturated carbocycles. The highest BCUT2D eigenvalue weighted by atomic mass is 32.3. The van der Waals surface area contributed by atoms with E-state index in [0.717, 1.165) is 0 Å². The van der Waals surface area contributed by atoms with Crippen molar-refractivity contribution in [3.8, 4) is 0 Å². The number of rotatable bonds is 5. The van der Waals surface area contributed by atoms with Crippen LogP contribution in [0.25, 0.3) is 0 Å². The molecule has 0 aromatic rings. The predicted molar refractivity (Wildman–Crippen MR) is 62.8 cm³/mol. The van der Waals surface area contributed by atoms with Crippen LogP contribution in [0.1, 0.15) is 19.8 Å². The summed E-state index contributed by atoms with van der Waals surface area (Å²) in [7, 11) is -4.54. The van der Waals surface area contributed by atoms with E-state index in [1.807, 2.05) is 0 Å². The Bertz CT molecular complexity index is 494. The number of aliphatic carboxylic acids is 1. The Balaban J connectivity index is 2.68. The molecule has 0 heterocycles. The lowest BCUT2D eigenvalue weighted by molar-refractivity contribution is -0.139. The Hall–Kier alpha value is -1.38. The summed E-state index contributed by atoms with van der Waals surface area (Å²) in [6.45, 7) is 1.80. The third-order valence-electron chi connectivity index (χ3n) is 2.62. The molecule has 0 bridgehead atoms. The van der Waals surface area contributed by atoms with E-state index in [9.17, 15) is 13.2 Å². The van der Waals surface area contributed by atoms with E-state index in [2.05, 4.69) is 4.18 Å². The predicted octanol–water partition coefficient (Wildman–Crippen LogP) is 0.458. The largest absolute Gasteiger partial charge is 0.480 e. The van der Waals surface area contributed by atoms with Gasteiger partial charge in [0, 0.05) is 0 Å². The lowest BCUT2D eigenvalue weighted by Gasteiger charge is -2.28. The summed E-state index contributed by atoms with van der Waals surface area (Å²) >= 11 is 0. The summed E-state index contributed by atoms with van der Waals surface area (Å²) in [6.07, 6.45) is 5.04. The van der Waals surface area contributed by atoms with E-state index >= 15 is 0 Å². The molecule has 0 amide bonds. The van der Waals surface area contributed by atoms with Gasteiger partial charge in [0.15, 0.2) is 0 Å². The van der Waals surface area contributed by atoms with Crippen molar-refractivity contribution in [3.63, 3.8) is 0 Å². The lowest BCUT2D eigenvalue weighted by atomic mass is 9.78. The summed E-state index contributed by atoms with van der Waals surface area (Å²) in [5.41, 5.74) is 4.97. The van der Waals surface area contributed by atoms with Gasteiger partial charge in [0.1, 0.15) is 11.8 Å². The smallest absolute Gasteiger partial charge is 0.446 e. The van der Waals surface area contributed by atoms with Gasteiger partial charge in [-0.3, -0.25) is 9.35 Å². The first-order chi connectivity index (χ1) is 8.11. The van der Waals surface area contributed by atoms with Crippen LogP contribution >= 0.6 is 0 Å². The zero-order chi connectivity index (χ0) is 14.0. The van der Waals surface area contributed by atoms with E-state index in [0.29, 0.717) is 6.42 Å². The molecule has 102 valence electrons. The molecule has 2 atom stereocenters. The maximum atomic E-state index is 10.7. The van der Waals surface area contributed by atoms with Gasteiger partial charge in [-0.1, -0.05) is 13.0 Å². The first-order valence-corrected chi connectivity index (χ1v) is 6.52. The van der Waals surface area contributed by atoms with E-state index in [1.165, 1.54) is 12.2 Å². The first-order valence-electron chi connectivity index (χ1n) is 5.16. The van der Waals surface area contributed by atoms with Crippen molar-refractivity contribution in [2.24, 2.45) is 11.1 Å².